The Bertz CT molecular complexity index is 1330. The van der Waals surface area contributed by atoms with Crippen molar-refractivity contribution in [1.82, 2.24) is 4.90 Å². The molecule has 0 saturated carbocycles. The van der Waals surface area contributed by atoms with Crippen LogP contribution in [0.1, 0.15) is 32.6 Å². The highest BCUT2D eigenvalue weighted by atomic mass is 16.5. The molecule has 7 nitrogen and oxygen atoms in total. The highest BCUT2D eigenvalue weighted by molar-refractivity contribution is 6.15. The fourth-order valence-corrected chi connectivity index (χ4v) is 4.57. The van der Waals surface area contributed by atoms with Crippen LogP contribution in [0.15, 0.2) is 54.3 Å². The van der Waals surface area contributed by atoms with Gasteiger partial charge in [-0.25, -0.2) is 0 Å². The topological polar surface area (TPSA) is 66.5 Å². The number of ketones is 1. The third kappa shape index (κ3) is 4.19. The lowest BCUT2D eigenvalue weighted by Crippen LogP contribution is -2.32. The Morgan fingerprint density at radius 2 is 1.77 bits per heavy atom. The second kappa shape index (κ2) is 9.35. The van der Waals surface area contributed by atoms with E-state index in [0.717, 1.165) is 28.2 Å². The first kappa shape index (κ1) is 22.8. The van der Waals surface area contributed by atoms with Crippen molar-refractivity contribution >= 4 is 11.9 Å². The zero-order chi connectivity index (χ0) is 24.5. The SMILES string of the molecule is COc1ccc(OC)c(/C=C2\Oc3c(cc4c(c3C)OCN(Cc3ccccc3OC)C4)C2=O)c1. The Kier molecular flexibility index (Phi) is 6.09. The van der Waals surface area contributed by atoms with E-state index in [2.05, 4.69) is 4.90 Å². The van der Waals surface area contributed by atoms with Crippen molar-refractivity contribution in [1.29, 1.82) is 0 Å². The van der Waals surface area contributed by atoms with Crippen molar-refractivity contribution in [3.63, 3.8) is 0 Å². The molecule has 35 heavy (non-hydrogen) atoms. The fraction of sp³-hybridized carbons (Fsp3) is 0.250. The Morgan fingerprint density at radius 3 is 2.54 bits per heavy atom. The second-order valence-corrected chi connectivity index (χ2v) is 8.49. The molecule has 3 aromatic rings. The van der Waals surface area contributed by atoms with Crippen LogP contribution in [0, 0.1) is 6.92 Å². The molecule has 0 spiro atoms. The molecule has 2 aliphatic rings. The van der Waals surface area contributed by atoms with Crippen molar-refractivity contribution in [3.05, 3.63) is 82.1 Å². The molecule has 7 heteroatoms. The first-order valence-electron chi connectivity index (χ1n) is 11.3. The van der Waals surface area contributed by atoms with Gasteiger partial charge in [-0.3, -0.25) is 9.69 Å². The number of carbonyl (C=O) groups excluding carboxylic acids is 1. The Balaban J connectivity index is 1.44. The molecule has 0 radical (unpaired) electrons. The Hall–Kier alpha value is -3.97. The second-order valence-electron chi connectivity index (χ2n) is 8.49. The number of benzene rings is 3. The summed E-state index contributed by atoms with van der Waals surface area (Å²) >= 11 is 0. The molecule has 180 valence electrons. The van der Waals surface area contributed by atoms with Crippen LogP contribution >= 0.6 is 0 Å². The fourth-order valence-electron chi connectivity index (χ4n) is 4.57. The molecule has 2 aliphatic heterocycles. The number of rotatable bonds is 6. The normalized spacial score (nSPS) is 15.8. The zero-order valence-electron chi connectivity index (χ0n) is 20.2. The lowest BCUT2D eigenvalue weighted by molar-refractivity contribution is 0.0869. The summed E-state index contributed by atoms with van der Waals surface area (Å²) in [5.41, 5.74) is 4.10. The molecule has 0 aliphatic carbocycles. The van der Waals surface area contributed by atoms with Gasteiger partial charge in [-0.05, 0) is 43.3 Å². The van der Waals surface area contributed by atoms with E-state index in [1.54, 1.807) is 39.5 Å². The molecule has 0 bridgehead atoms. The van der Waals surface area contributed by atoms with Crippen molar-refractivity contribution in [2.45, 2.75) is 20.0 Å². The number of methoxy groups -OCH3 is 3. The third-order valence-corrected chi connectivity index (χ3v) is 6.31. The van der Waals surface area contributed by atoms with Gasteiger partial charge in [-0.1, -0.05) is 18.2 Å². The van der Waals surface area contributed by atoms with Gasteiger partial charge in [-0.2, -0.15) is 0 Å². The summed E-state index contributed by atoms with van der Waals surface area (Å²) in [7, 11) is 4.85. The van der Waals surface area contributed by atoms with Gasteiger partial charge < -0.3 is 23.7 Å². The van der Waals surface area contributed by atoms with Crippen molar-refractivity contribution < 1.29 is 28.5 Å². The molecule has 0 amide bonds. The standard InChI is InChI=1S/C28H27NO6/c1-17-27-20(15-29(16-34-27)14-18-7-5-6-8-23(18)32-3)12-22-26(30)25(35-28(17)22)13-19-11-21(31-2)9-10-24(19)33-4/h5-13H,14-16H2,1-4H3/b25-13-. The van der Waals surface area contributed by atoms with Crippen LogP contribution in [0.3, 0.4) is 0 Å². The van der Waals surface area contributed by atoms with Crippen molar-refractivity contribution in [2.24, 2.45) is 0 Å². The molecule has 0 N–H and O–H groups in total. The summed E-state index contributed by atoms with van der Waals surface area (Å²) in [5, 5.41) is 0. The monoisotopic (exact) mass is 473 g/mol. The van der Waals surface area contributed by atoms with Gasteiger partial charge in [-0.15, -0.1) is 0 Å². The predicted octanol–water partition coefficient (Wildman–Crippen LogP) is 4.99. The number of nitrogens with zero attached hydrogens (tertiary/aromatic N) is 1. The van der Waals surface area contributed by atoms with Crippen LogP contribution < -0.4 is 23.7 Å². The molecule has 0 fully saturated rings. The average Bonchev–Trinajstić information content (AvgIpc) is 3.19. The van der Waals surface area contributed by atoms with E-state index in [1.165, 1.54) is 0 Å². The summed E-state index contributed by atoms with van der Waals surface area (Å²) < 4.78 is 28.4. The first-order chi connectivity index (χ1) is 17.0. The van der Waals surface area contributed by atoms with Crippen LogP contribution in [0.5, 0.6) is 28.7 Å². The number of carbonyl (C=O) groups is 1. The van der Waals surface area contributed by atoms with Gasteiger partial charge in [0.15, 0.2) is 5.76 Å². The Labute approximate surface area is 204 Å². The molecule has 0 aromatic heterocycles. The van der Waals surface area contributed by atoms with Gasteiger partial charge in [0.25, 0.3) is 0 Å². The first-order valence-corrected chi connectivity index (χ1v) is 11.3. The zero-order valence-corrected chi connectivity index (χ0v) is 20.2. The van der Waals surface area contributed by atoms with Crippen LogP contribution in [-0.2, 0) is 13.1 Å². The average molecular weight is 474 g/mol. The summed E-state index contributed by atoms with van der Waals surface area (Å²) in [4.78, 5) is 15.5. The quantitative estimate of drug-likeness (QED) is 0.467. The van der Waals surface area contributed by atoms with E-state index < -0.39 is 0 Å². The highest BCUT2D eigenvalue weighted by Gasteiger charge is 2.34. The number of ether oxygens (including phenoxy) is 5. The Morgan fingerprint density at radius 1 is 0.971 bits per heavy atom. The van der Waals surface area contributed by atoms with Crippen molar-refractivity contribution in [2.75, 3.05) is 28.1 Å². The van der Waals surface area contributed by atoms with Crippen LogP contribution in [0.2, 0.25) is 0 Å². The van der Waals surface area contributed by atoms with E-state index in [4.69, 9.17) is 23.7 Å². The lowest BCUT2D eigenvalue weighted by Gasteiger charge is -2.30. The molecule has 3 aromatic carbocycles. The molecule has 0 saturated heterocycles. The number of para-hydroxylation sites is 1. The summed E-state index contributed by atoms with van der Waals surface area (Å²) in [6.07, 6.45) is 1.69. The van der Waals surface area contributed by atoms with Crippen LogP contribution in [0.4, 0.5) is 0 Å². The summed E-state index contributed by atoms with van der Waals surface area (Å²) in [6.45, 7) is 3.68. The van der Waals surface area contributed by atoms with E-state index in [1.807, 2.05) is 43.3 Å². The molecular formula is C28H27NO6. The van der Waals surface area contributed by atoms with Crippen LogP contribution in [0.25, 0.3) is 6.08 Å². The lowest BCUT2D eigenvalue weighted by atomic mass is 9.99. The molecule has 0 unspecified atom stereocenters. The summed E-state index contributed by atoms with van der Waals surface area (Å²) in [6, 6.07) is 15.2. The van der Waals surface area contributed by atoms with E-state index in [0.29, 0.717) is 48.2 Å². The van der Waals surface area contributed by atoms with Gasteiger partial charge >= 0.3 is 0 Å². The number of fused-ring (bicyclic) bond motifs is 2. The molecule has 5 rings (SSSR count). The van der Waals surface area contributed by atoms with E-state index >= 15 is 0 Å². The van der Waals surface area contributed by atoms with E-state index in [-0.39, 0.29) is 11.5 Å². The highest BCUT2D eigenvalue weighted by Crippen LogP contribution is 2.44. The minimum atomic E-state index is -0.169. The minimum Gasteiger partial charge on any atom is -0.497 e. The van der Waals surface area contributed by atoms with Gasteiger partial charge in [0, 0.05) is 35.3 Å². The van der Waals surface area contributed by atoms with Gasteiger partial charge in [0.1, 0.15) is 35.5 Å². The molecule has 2 heterocycles. The number of allylic oxidation sites excluding steroid dienone is 1. The predicted molar refractivity (Wildman–Crippen MR) is 131 cm³/mol. The third-order valence-electron chi connectivity index (χ3n) is 6.31. The van der Waals surface area contributed by atoms with Crippen LogP contribution in [-0.4, -0.2) is 38.7 Å². The molecule has 0 atom stereocenters. The molecular weight excluding hydrogens is 446 g/mol. The van der Waals surface area contributed by atoms with Crippen molar-refractivity contribution in [3.8, 4) is 28.7 Å². The maximum absolute atomic E-state index is 13.3. The van der Waals surface area contributed by atoms with E-state index in [9.17, 15) is 4.79 Å². The maximum Gasteiger partial charge on any atom is 0.231 e. The maximum atomic E-state index is 13.3. The minimum absolute atomic E-state index is 0.169. The van der Waals surface area contributed by atoms with Gasteiger partial charge in [0.05, 0.1) is 26.9 Å². The smallest absolute Gasteiger partial charge is 0.231 e. The number of hydrogen-bond donors (Lipinski definition) is 0. The number of Topliss-reactive ketones (excluding diaryl/α,β-unsaturated/α-hetero) is 1. The number of hydrogen-bond acceptors (Lipinski definition) is 7. The van der Waals surface area contributed by atoms with Gasteiger partial charge in [0.2, 0.25) is 5.78 Å². The summed E-state index contributed by atoms with van der Waals surface area (Å²) in [5.74, 6) is 3.51. The largest absolute Gasteiger partial charge is 0.497 e.